The van der Waals surface area contributed by atoms with Gasteiger partial charge in [-0.3, -0.25) is 0 Å². The van der Waals surface area contributed by atoms with E-state index in [9.17, 15) is 0 Å². The summed E-state index contributed by atoms with van der Waals surface area (Å²) in [5.41, 5.74) is 9.66. The number of hydrogen-bond donors (Lipinski definition) is 0. The molecule has 10 rings (SSSR count). The summed E-state index contributed by atoms with van der Waals surface area (Å²) in [4.78, 5) is 2.37. The molecular weight excluding hydrogens is 565 g/mol. The van der Waals surface area contributed by atoms with E-state index in [0.29, 0.717) is 0 Å². The molecule has 0 aliphatic rings. The van der Waals surface area contributed by atoms with Crippen molar-refractivity contribution in [2.45, 2.75) is 0 Å². The molecule has 10 aromatic rings. The lowest BCUT2D eigenvalue weighted by atomic mass is 10.0. The van der Waals surface area contributed by atoms with Crippen LogP contribution in [0.15, 0.2) is 158 Å². The van der Waals surface area contributed by atoms with E-state index in [1.807, 2.05) is 11.3 Å². The van der Waals surface area contributed by atoms with Gasteiger partial charge >= 0.3 is 0 Å². The molecule has 7 aromatic carbocycles. The summed E-state index contributed by atoms with van der Waals surface area (Å²) >= 11 is 1.92. The Balaban J connectivity index is 1.26. The summed E-state index contributed by atoms with van der Waals surface area (Å²) in [6, 6.07) is 57.4. The number of aromatic nitrogens is 1. The van der Waals surface area contributed by atoms with Crippen molar-refractivity contribution in [2.24, 2.45) is 0 Å². The van der Waals surface area contributed by atoms with E-state index >= 15 is 0 Å². The fraction of sp³-hybridized carbons (Fsp3) is 0. The summed E-state index contributed by atoms with van der Waals surface area (Å²) in [6.07, 6.45) is 0. The molecule has 0 aliphatic heterocycles. The summed E-state index contributed by atoms with van der Waals surface area (Å²) in [7, 11) is 0. The van der Waals surface area contributed by atoms with Crippen LogP contribution in [-0.4, -0.2) is 4.40 Å². The van der Waals surface area contributed by atoms with Crippen molar-refractivity contribution in [1.29, 1.82) is 0 Å². The largest absolute Gasteiger partial charge is 0.310 e. The Hall–Kier alpha value is -5.64. The van der Waals surface area contributed by atoms with Crippen LogP contribution in [0, 0.1) is 0 Å². The van der Waals surface area contributed by atoms with Crippen LogP contribution in [0.25, 0.3) is 69.4 Å². The first-order valence-corrected chi connectivity index (χ1v) is 16.2. The molecule has 0 unspecified atom stereocenters. The van der Waals surface area contributed by atoms with Crippen molar-refractivity contribution in [3.05, 3.63) is 158 Å². The second kappa shape index (κ2) is 9.43. The lowest BCUT2D eigenvalue weighted by Crippen LogP contribution is -2.09. The zero-order valence-electron chi connectivity index (χ0n) is 24.3. The van der Waals surface area contributed by atoms with E-state index < -0.39 is 0 Å². The van der Waals surface area contributed by atoms with Gasteiger partial charge in [-0.25, -0.2) is 0 Å². The van der Waals surface area contributed by atoms with Gasteiger partial charge in [0.15, 0.2) is 0 Å². The minimum Gasteiger partial charge on any atom is -0.310 e. The lowest BCUT2D eigenvalue weighted by molar-refractivity contribution is 1.28. The van der Waals surface area contributed by atoms with Crippen LogP contribution in [-0.2, 0) is 0 Å². The van der Waals surface area contributed by atoms with Gasteiger partial charge in [-0.05, 0) is 76.5 Å². The number of benzene rings is 7. The first-order valence-electron chi connectivity index (χ1n) is 15.4. The maximum absolute atomic E-state index is 2.52. The van der Waals surface area contributed by atoms with E-state index in [1.54, 1.807) is 0 Å². The van der Waals surface area contributed by atoms with Crippen molar-refractivity contribution in [1.82, 2.24) is 4.40 Å². The highest BCUT2D eigenvalue weighted by Crippen LogP contribution is 2.48. The SMILES string of the molecule is c1ccc(-c2ccc(N(c3ccccc3)c3ccc4c(c3)c3sc5ccc6cccc7c8ccccc8n4c3c5c67)cc2)cc1. The van der Waals surface area contributed by atoms with Gasteiger partial charge < -0.3 is 9.30 Å². The smallest absolute Gasteiger partial charge is 0.0734 e. The van der Waals surface area contributed by atoms with Gasteiger partial charge in [-0.2, -0.15) is 0 Å². The van der Waals surface area contributed by atoms with E-state index in [0.717, 1.165) is 17.1 Å². The number of anilines is 3. The van der Waals surface area contributed by atoms with Gasteiger partial charge in [0.25, 0.3) is 0 Å². The van der Waals surface area contributed by atoms with Crippen LogP contribution in [0.1, 0.15) is 0 Å². The Morgan fingerprint density at radius 3 is 1.96 bits per heavy atom. The predicted molar refractivity (Wildman–Crippen MR) is 194 cm³/mol. The van der Waals surface area contributed by atoms with Gasteiger partial charge in [0.05, 0.1) is 21.3 Å². The predicted octanol–water partition coefficient (Wildman–Crippen LogP) is 12.3. The first-order chi connectivity index (χ1) is 22.3. The quantitative estimate of drug-likeness (QED) is 0.198. The molecule has 0 radical (unpaired) electrons. The Kier molecular flexibility index (Phi) is 5.19. The molecule has 3 heteroatoms. The topological polar surface area (TPSA) is 7.65 Å². The average Bonchev–Trinajstić information content (AvgIpc) is 3.59. The van der Waals surface area contributed by atoms with Crippen LogP contribution in [0.3, 0.4) is 0 Å². The van der Waals surface area contributed by atoms with Gasteiger partial charge in [-0.1, -0.05) is 103 Å². The average molecular weight is 591 g/mol. The summed E-state index contributed by atoms with van der Waals surface area (Å²) in [5.74, 6) is 0. The summed E-state index contributed by atoms with van der Waals surface area (Å²) < 4.78 is 5.20. The number of thiophene rings is 1. The third kappa shape index (κ3) is 3.56. The second-order valence-electron chi connectivity index (χ2n) is 11.8. The third-order valence-corrected chi connectivity index (χ3v) is 10.5. The molecule has 0 saturated carbocycles. The van der Waals surface area contributed by atoms with Crippen molar-refractivity contribution in [3.63, 3.8) is 0 Å². The minimum atomic E-state index is 1.13. The van der Waals surface area contributed by atoms with E-state index in [1.165, 1.54) is 69.4 Å². The zero-order valence-corrected chi connectivity index (χ0v) is 25.1. The lowest BCUT2D eigenvalue weighted by Gasteiger charge is -2.26. The van der Waals surface area contributed by atoms with Crippen LogP contribution in [0.5, 0.6) is 0 Å². The van der Waals surface area contributed by atoms with Crippen molar-refractivity contribution in [3.8, 4) is 11.1 Å². The number of hydrogen-bond acceptors (Lipinski definition) is 2. The molecule has 3 heterocycles. The van der Waals surface area contributed by atoms with Crippen LogP contribution < -0.4 is 4.90 Å². The van der Waals surface area contributed by atoms with Gasteiger partial charge in [0.2, 0.25) is 0 Å². The Morgan fingerprint density at radius 1 is 0.444 bits per heavy atom. The number of fused-ring (bicyclic) bond motifs is 6. The molecule has 0 bridgehead atoms. The monoisotopic (exact) mass is 590 g/mol. The Labute approximate surface area is 264 Å². The normalized spacial score (nSPS) is 12.0. The fourth-order valence-corrected chi connectivity index (χ4v) is 8.56. The van der Waals surface area contributed by atoms with Crippen molar-refractivity contribution < 1.29 is 0 Å². The molecule has 0 saturated heterocycles. The molecule has 0 atom stereocenters. The molecule has 2 nitrogen and oxygen atoms in total. The van der Waals surface area contributed by atoms with Gasteiger partial charge in [0.1, 0.15) is 0 Å². The van der Waals surface area contributed by atoms with Crippen LogP contribution in [0.4, 0.5) is 17.1 Å². The highest BCUT2D eigenvalue weighted by Gasteiger charge is 2.22. The summed E-state index contributed by atoms with van der Waals surface area (Å²) in [5, 5.41) is 7.91. The second-order valence-corrected chi connectivity index (χ2v) is 12.8. The molecule has 0 spiro atoms. The molecule has 210 valence electrons. The first kappa shape index (κ1) is 24.8. The maximum Gasteiger partial charge on any atom is 0.0734 e. The molecule has 0 aliphatic carbocycles. The van der Waals surface area contributed by atoms with Crippen molar-refractivity contribution in [2.75, 3.05) is 4.90 Å². The van der Waals surface area contributed by atoms with E-state index in [2.05, 4.69) is 167 Å². The molecular formula is C42H26N2S. The highest BCUT2D eigenvalue weighted by atomic mass is 32.1. The minimum absolute atomic E-state index is 1.13. The number of rotatable bonds is 4. The Morgan fingerprint density at radius 2 is 1.11 bits per heavy atom. The standard InChI is InChI=1S/C42H26N2S/c1-3-10-27(11-4-1)28-18-21-31(22-19-28)43(30-13-5-2-6-14-30)32-23-24-37-35(26-32)42-41-40-38(45-42)25-20-29-12-9-16-34(39(29)40)33-15-7-8-17-36(33)44(37)41/h1-26H. The maximum atomic E-state index is 2.52. The molecule has 3 aromatic heterocycles. The van der Waals surface area contributed by atoms with Crippen molar-refractivity contribution >= 4 is 86.7 Å². The molecule has 0 amide bonds. The number of nitrogens with zero attached hydrogens (tertiary/aromatic N) is 2. The fourth-order valence-electron chi connectivity index (χ4n) is 7.34. The highest BCUT2D eigenvalue weighted by molar-refractivity contribution is 7.27. The van der Waals surface area contributed by atoms with Crippen LogP contribution >= 0.6 is 11.3 Å². The van der Waals surface area contributed by atoms with Crippen LogP contribution in [0.2, 0.25) is 0 Å². The third-order valence-electron chi connectivity index (χ3n) is 9.30. The molecule has 0 N–H and O–H groups in total. The van der Waals surface area contributed by atoms with E-state index in [-0.39, 0.29) is 0 Å². The molecule has 0 fully saturated rings. The summed E-state index contributed by atoms with van der Waals surface area (Å²) in [6.45, 7) is 0. The zero-order chi connectivity index (χ0) is 29.5. The van der Waals surface area contributed by atoms with Gasteiger partial charge in [0, 0.05) is 43.3 Å². The van der Waals surface area contributed by atoms with Gasteiger partial charge in [-0.15, -0.1) is 11.3 Å². The Bertz CT molecular complexity index is 2680. The van der Waals surface area contributed by atoms with E-state index in [4.69, 9.17) is 0 Å². The molecule has 45 heavy (non-hydrogen) atoms. The number of para-hydroxylation sites is 2.